The Hall–Kier alpha value is -1.13. The summed E-state index contributed by atoms with van der Waals surface area (Å²) in [4.78, 5) is 2.63. The zero-order valence-corrected chi connectivity index (χ0v) is 11.4. The van der Waals surface area contributed by atoms with Crippen LogP contribution < -0.4 is 0 Å². The molecule has 3 rings (SSSR count). The maximum atomic E-state index is 10.2. The first-order chi connectivity index (χ1) is 8.72. The van der Waals surface area contributed by atoms with Gasteiger partial charge in [0.25, 0.3) is 0 Å². The lowest BCUT2D eigenvalue weighted by molar-refractivity contribution is 0.171. The highest BCUT2D eigenvalue weighted by Gasteiger charge is 2.18. The predicted octanol–water partition coefficient (Wildman–Crippen LogP) is 2.64. The second-order valence-electron chi connectivity index (χ2n) is 5.03. The number of fused-ring (bicyclic) bond motifs is 1. The van der Waals surface area contributed by atoms with Crippen LogP contribution in [0, 0.1) is 0 Å². The predicted molar refractivity (Wildman–Crippen MR) is 72.8 cm³/mol. The van der Waals surface area contributed by atoms with E-state index in [-0.39, 0.29) is 6.10 Å². The van der Waals surface area contributed by atoms with Gasteiger partial charge in [0, 0.05) is 23.0 Å². The SMILES string of the molecule is Cn1cc(CCC(O)c2cc3c(s2)CCC3)cn1. The summed E-state index contributed by atoms with van der Waals surface area (Å²) < 4.78 is 1.81. The van der Waals surface area contributed by atoms with Crippen molar-refractivity contribution >= 4 is 11.3 Å². The molecule has 1 N–H and O–H groups in total. The smallest absolute Gasteiger partial charge is 0.0885 e. The lowest BCUT2D eigenvalue weighted by Crippen LogP contribution is -1.97. The van der Waals surface area contributed by atoms with Crippen molar-refractivity contribution in [1.82, 2.24) is 9.78 Å². The summed E-state index contributed by atoms with van der Waals surface area (Å²) in [6, 6.07) is 2.21. The Balaban J connectivity index is 1.62. The summed E-state index contributed by atoms with van der Waals surface area (Å²) in [6.45, 7) is 0. The minimum Gasteiger partial charge on any atom is -0.388 e. The Labute approximate surface area is 111 Å². The average molecular weight is 262 g/mol. The van der Waals surface area contributed by atoms with E-state index >= 15 is 0 Å². The number of aryl methyl sites for hydroxylation is 4. The lowest BCUT2D eigenvalue weighted by Gasteiger charge is -2.07. The second kappa shape index (κ2) is 4.86. The third-order valence-corrected chi connectivity index (χ3v) is 4.90. The van der Waals surface area contributed by atoms with Crippen LogP contribution in [0.4, 0.5) is 0 Å². The maximum Gasteiger partial charge on any atom is 0.0885 e. The van der Waals surface area contributed by atoms with Crippen LogP contribution in [0.2, 0.25) is 0 Å². The highest BCUT2D eigenvalue weighted by atomic mass is 32.1. The van der Waals surface area contributed by atoms with Crippen LogP contribution in [0.3, 0.4) is 0 Å². The van der Waals surface area contributed by atoms with Crippen molar-refractivity contribution in [1.29, 1.82) is 0 Å². The number of rotatable bonds is 4. The van der Waals surface area contributed by atoms with Crippen molar-refractivity contribution in [2.24, 2.45) is 7.05 Å². The number of aliphatic hydroxyl groups excluding tert-OH is 1. The zero-order valence-electron chi connectivity index (χ0n) is 10.6. The van der Waals surface area contributed by atoms with Crippen LogP contribution >= 0.6 is 11.3 Å². The van der Waals surface area contributed by atoms with E-state index in [1.807, 2.05) is 19.4 Å². The monoisotopic (exact) mass is 262 g/mol. The molecule has 0 amide bonds. The van der Waals surface area contributed by atoms with Crippen LogP contribution in [0.15, 0.2) is 18.5 Å². The molecule has 2 aromatic heterocycles. The van der Waals surface area contributed by atoms with Crippen molar-refractivity contribution < 1.29 is 5.11 Å². The lowest BCUT2D eigenvalue weighted by atomic mass is 10.1. The summed E-state index contributed by atoms with van der Waals surface area (Å²) in [5.41, 5.74) is 2.66. The fraction of sp³-hybridized carbons (Fsp3) is 0.500. The van der Waals surface area contributed by atoms with Gasteiger partial charge in [0.1, 0.15) is 0 Å². The number of thiophene rings is 1. The van der Waals surface area contributed by atoms with Crippen molar-refractivity contribution in [2.45, 2.75) is 38.2 Å². The van der Waals surface area contributed by atoms with Gasteiger partial charge in [0.05, 0.1) is 12.3 Å². The first-order valence-electron chi connectivity index (χ1n) is 6.49. The van der Waals surface area contributed by atoms with E-state index in [2.05, 4.69) is 11.2 Å². The molecule has 0 fully saturated rings. The van der Waals surface area contributed by atoms with Gasteiger partial charge in [0.2, 0.25) is 0 Å². The molecule has 2 heterocycles. The molecule has 0 saturated heterocycles. The van der Waals surface area contributed by atoms with Gasteiger partial charge in [-0.2, -0.15) is 5.10 Å². The summed E-state index contributed by atoms with van der Waals surface area (Å²) >= 11 is 1.80. The third kappa shape index (κ3) is 2.35. The molecular formula is C14H18N2OS. The van der Waals surface area contributed by atoms with Crippen LogP contribution in [0.5, 0.6) is 0 Å². The summed E-state index contributed by atoms with van der Waals surface area (Å²) in [5, 5.41) is 14.4. The Morgan fingerprint density at radius 3 is 3.11 bits per heavy atom. The molecule has 0 aliphatic heterocycles. The molecule has 1 aliphatic rings. The number of nitrogens with zero attached hydrogens (tertiary/aromatic N) is 2. The van der Waals surface area contributed by atoms with Gasteiger partial charge in [-0.25, -0.2) is 0 Å². The van der Waals surface area contributed by atoms with E-state index in [0.717, 1.165) is 17.7 Å². The molecule has 18 heavy (non-hydrogen) atoms. The summed E-state index contributed by atoms with van der Waals surface area (Å²) in [7, 11) is 1.92. The highest BCUT2D eigenvalue weighted by molar-refractivity contribution is 7.12. The van der Waals surface area contributed by atoms with Gasteiger partial charge in [0.15, 0.2) is 0 Å². The van der Waals surface area contributed by atoms with E-state index in [1.165, 1.54) is 35.3 Å². The van der Waals surface area contributed by atoms with Crippen LogP contribution in [-0.2, 0) is 26.3 Å². The van der Waals surface area contributed by atoms with E-state index in [9.17, 15) is 5.11 Å². The van der Waals surface area contributed by atoms with Gasteiger partial charge in [-0.3, -0.25) is 4.68 Å². The molecular weight excluding hydrogens is 244 g/mol. The topological polar surface area (TPSA) is 38.0 Å². The Morgan fingerprint density at radius 2 is 2.39 bits per heavy atom. The molecule has 3 nitrogen and oxygen atoms in total. The van der Waals surface area contributed by atoms with Gasteiger partial charge >= 0.3 is 0 Å². The quantitative estimate of drug-likeness (QED) is 0.920. The molecule has 1 atom stereocenters. The molecule has 0 radical (unpaired) electrons. The van der Waals surface area contributed by atoms with Crippen LogP contribution in [-0.4, -0.2) is 14.9 Å². The van der Waals surface area contributed by atoms with E-state index in [1.54, 1.807) is 16.0 Å². The maximum absolute atomic E-state index is 10.2. The first-order valence-corrected chi connectivity index (χ1v) is 7.31. The number of aromatic nitrogens is 2. The second-order valence-corrected chi connectivity index (χ2v) is 6.20. The fourth-order valence-corrected chi connectivity index (χ4v) is 3.84. The highest BCUT2D eigenvalue weighted by Crippen LogP contribution is 2.35. The van der Waals surface area contributed by atoms with Crippen molar-refractivity contribution in [3.05, 3.63) is 39.3 Å². The van der Waals surface area contributed by atoms with Crippen molar-refractivity contribution in [3.63, 3.8) is 0 Å². The molecule has 96 valence electrons. The molecule has 0 aromatic carbocycles. The van der Waals surface area contributed by atoms with Crippen LogP contribution in [0.1, 0.15) is 39.8 Å². The van der Waals surface area contributed by atoms with Gasteiger partial charge in [-0.15, -0.1) is 11.3 Å². The number of hydrogen-bond donors (Lipinski definition) is 1. The van der Waals surface area contributed by atoms with Gasteiger partial charge in [-0.05, 0) is 49.3 Å². The van der Waals surface area contributed by atoms with E-state index < -0.39 is 0 Å². The third-order valence-electron chi connectivity index (χ3n) is 3.56. The van der Waals surface area contributed by atoms with E-state index in [4.69, 9.17) is 0 Å². The average Bonchev–Trinajstić information content (AvgIpc) is 3.00. The molecule has 2 aromatic rings. The first kappa shape index (κ1) is 11.9. The Kier molecular flexibility index (Phi) is 3.22. The van der Waals surface area contributed by atoms with E-state index in [0.29, 0.717) is 0 Å². The Morgan fingerprint density at radius 1 is 1.50 bits per heavy atom. The normalized spacial score (nSPS) is 15.9. The molecule has 1 aliphatic carbocycles. The minimum absolute atomic E-state index is 0.319. The molecule has 0 spiro atoms. The standard InChI is InChI=1S/C14H18N2OS/c1-16-9-10(8-15-16)5-6-12(17)14-7-11-3-2-4-13(11)18-14/h7-9,12,17H,2-6H2,1H3. The fourth-order valence-electron chi connectivity index (χ4n) is 2.56. The van der Waals surface area contributed by atoms with Gasteiger partial charge < -0.3 is 5.11 Å². The number of aliphatic hydroxyl groups is 1. The van der Waals surface area contributed by atoms with Crippen LogP contribution in [0.25, 0.3) is 0 Å². The largest absolute Gasteiger partial charge is 0.388 e. The Bertz CT molecular complexity index is 522. The summed E-state index contributed by atoms with van der Waals surface area (Å²) in [5.74, 6) is 0. The zero-order chi connectivity index (χ0) is 12.5. The van der Waals surface area contributed by atoms with Crippen molar-refractivity contribution in [2.75, 3.05) is 0 Å². The summed E-state index contributed by atoms with van der Waals surface area (Å²) in [6.07, 6.45) is 8.93. The van der Waals surface area contributed by atoms with Gasteiger partial charge in [-0.1, -0.05) is 0 Å². The number of hydrogen-bond acceptors (Lipinski definition) is 3. The molecule has 1 unspecified atom stereocenters. The van der Waals surface area contributed by atoms with Crippen molar-refractivity contribution in [3.8, 4) is 0 Å². The molecule has 0 bridgehead atoms. The molecule has 4 heteroatoms. The molecule has 0 saturated carbocycles. The minimum atomic E-state index is -0.319.